The van der Waals surface area contributed by atoms with Crippen molar-refractivity contribution in [3.8, 4) is 0 Å². The summed E-state index contributed by atoms with van der Waals surface area (Å²) in [5.41, 5.74) is 0. The van der Waals surface area contributed by atoms with E-state index in [0.29, 0.717) is 45.8 Å². The molecule has 1 rings (SSSR count). The summed E-state index contributed by atoms with van der Waals surface area (Å²) in [6, 6.07) is 0.157. The molecule has 29 heavy (non-hydrogen) atoms. The van der Waals surface area contributed by atoms with Crippen molar-refractivity contribution in [3.05, 3.63) is 0 Å². The molecule has 0 unspecified atom stereocenters. The van der Waals surface area contributed by atoms with Crippen molar-refractivity contribution in [2.24, 2.45) is 11.8 Å². The van der Waals surface area contributed by atoms with Crippen molar-refractivity contribution >= 4 is 17.6 Å². The number of Topliss-reactive ketones (excluding diaryl/α,β-unsaturated/α-hetero) is 1. The zero-order valence-corrected chi connectivity index (χ0v) is 19.1. The Kier molecular flexibility index (Phi) is 16.5. The SMILES string of the molecule is CC.CCOCCC(=O)NC1CCC(C(=O)NCCOCCC(=O)C(C)C)CC1.[HH].[HH]. The lowest BCUT2D eigenvalue weighted by atomic mass is 9.85. The topological polar surface area (TPSA) is 93.7 Å². The average Bonchev–Trinajstić information content (AvgIpc) is 2.72. The fraction of sp³-hybridized carbons (Fsp3) is 0.864. The summed E-state index contributed by atoms with van der Waals surface area (Å²) in [5.74, 6) is 0.310. The molecule has 0 bridgehead atoms. The van der Waals surface area contributed by atoms with Gasteiger partial charge in [-0.25, -0.2) is 0 Å². The van der Waals surface area contributed by atoms with Crippen LogP contribution in [0.3, 0.4) is 0 Å². The maximum absolute atomic E-state index is 12.2. The van der Waals surface area contributed by atoms with Crippen molar-refractivity contribution in [1.29, 1.82) is 0 Å². The van der Waals surface area contributed by atoms with Crippen LogP contribution in [0.25, 0.3) is 0 Å². The summed E-state index contributed by atoms with van der Waals surface area (Å²) in [6.07, 6.45) is 4.03. The van der Waals surface area contributed by atoms with E-state index in [2.05, 4.69) is 10.6 Å². The van der Waals surface area contributed by atoms with Crippen LogP contribution in [0.1, 0.15) is 76.0 Å². The minimum absolute atomic E-state index is 0. The predicted octanol–water partition coefficient (Wildman–Crippen LogP) is 3.35. The second kappa shape index (κ2) is 17.4. The van der Waals surface area contributed by atoms with Crippen LogP contribution in [0, 0.1) is 11.8 Å². The Balaban J connectivity index is -0.00000190. The molecule has 1 fully saturated rings. The third kappa shape index (κ3) is 13.4. The van der Waals surface area contributed by atoms with Gasteiger partial charge in [0.25, 0.3) is 0 Å². The third-order valence-corrected chi connectivity index (χ3v) is 4.82. The van der Waals surface area contributed by atoms with Crippen LogP contribution in [0.15, 0.2) is 0 Å². The second-order valence-corrected chi connectivity index (χ2v) is 7.34. The molecule has 1 saturated carbocycles. The summed E-state index contributed by atoms with van der Waals surface area (Å²) in [6.45, 7) is 12.0. The van der Waals surface area contributed by atoms with Gasteiger partial charge in [0.15, 0.2) is 0 Å². The highest BCUT2D eigenvalue weighted by molar-refractivity contribution is 5.80. The molecule has 174 valence electrons. The van der Waals surface area contributed by atoms with Crippen LogP contribution in [0.4, 0.5) is 0 Å². The van der Waals surface area contributed by atoms with E-state index in [1.807, 2.05) is 34.6 Å². The van der Waals surface area contributed by atoms with E-state index in [9.17, 15) is 14.4 Å². The summed E-state index contributed by atoms with van der Waals surface area (Å²) >= 11 is 0. The molecular formula is C22H46N2O5. The Morgan fingerprint density at radius 1 is 0.966 bits per heavy atom. The van der Waals surface area contributed by atoms with E-state index in [4.69, 9.17) is 9.47 Å². The summed E-state index contributed by atoms with van der Waals surface area (Å²) in [5, 5.41) is 5.92. The van der Waals surface area contributed by atoms with Crippen LogP contribution in [0.5, 0.6) is 0 Å². The normalized spacial score (nSPS) is 18.6. The Bertz CT molecular complexity index is 471. The standard InChI is InChI=1S/C20H36N2O5.C2H6.2H2/c1-4-26-13-10-19(24)22-17-7-5-16(6-8-17)20(25)21-11-14-27-12-9-18(23)15(2)3;1-2;;/h15-17H,4-14H2,1-3H3,(H,21,25)(H,22,24);1-2H3;2*1H. The van der Waals surface area contributed by atoms with Gasteiger partial charge in [-0.05, 0) is 32.6 Å². The lowest BCUT2D eigenvalue weighted by Gasteiger charge is -2.28. The van der Waals surface area contributed by atoms with Crippen LogP contribution in [-0.2, 0) is 23.9 Å². The van der Waals surface area contributed by atoms with Gasteiger partial charge in [-0.3, -0.25) is 14.4 Å². The van der Waals surface area contributed by atoms with E-state index >= 15 is 0 Å². The van der Waals surface area contributed by atoms with E-state index in [1.54, 1.807) is 0 Å². The molecule has 0 aromatic heterocycles. The number of amides is 2. The summed E-state index contributed by atoms with van der Waals surface area (Å²) in [7, 11) is 0. The fourth-order valence-electron chi connectivity index (χ4n) is 3.06. The van der Waals surface area contributed by atoms with Gasteiger partial charge in [0.05, 0.1) is 19.8 Å². The van der Waals surface area contributed by atoms with Crippen LogP contribution in [-0.4, -0.2) is 56.6 Å². The summed E-state index contributed by atoms with van der Waals surface area (Å²) < 4.78 is 10.6. The molecule has 0 heterocycles. The molecule has 2 amide bonds. The zero-order valence-electron chi connectivity index (χ0n) is 19.1. The van der Waals surface area contributed by atoms with Gasteiger partial charge < -0.3 is 20.1 Å². The van der Waals surface area contributed by atoms with Crippen LogP contribution >= 0.6 is 0 Å². The summed E-state index contributed by atoms with van der Waals surface area (Å²) in [4.78, 5) is 35.5. The number of hydrogen-bond donors (Lipinski definition) is 2. The number of rotatable bonds is 13. The quantitative estimate of drug-likeness (QED) is 0.447. The lowest BCUT2D eigenvalue weighted by molar-refractivity contribution is -0.127. The molecule has 0 aliphatic heterocycles. The molecule has 7 heteroatoms. The molecule has 7 nitrogen and oxygen atoms in total. The minimum atomic E-state index is 0. The van der Waals surface area contributed by atoms with E-state index in [0.717, 1.165) is 25.7 Å². The zero-order chi connectivity index (χ0) is 22.1. The molecule has 0 saturated heterocycles. The fourth-order valence-corrected chi connectivity index (χ4v) is 3.06. The average molecular weight is 419 g/mol. The molecule has 0 radical (unpaired) electrons. The van der Waals surface area contributed by atoms with Crippen LogP contribution < -0.4 is 10.6 Å². The van der Waals surface area contributed by atoms with Gasteiger partial charge in [-0.2, -0.15) is 0 Å². The monoisotopic (exact) mass is 418 g/mol. The van der Waals surface area contributed by atoms with E-state index in [-0.39, 0.29) is 38.3 Å². The molecule has 1 aliphatic rings. The Morgan fingerprint density at radius 2 is 1.59 bits per heavy atom. The minimum Gasteiger partial charge on any atom is -0.381 e. The molecule has 0 spiro atoms. The first-order chi connectivity index (χ1) is 13.9. The van der Waals surface area contributed by atoms with Crippen molar-refractivity contribution in [1.82, 2.24) is 10.6 Å². The second-order valence-electron chi connectivity index (χ2n) is 7.34. The van der Waals surface area contributed by atoms with E-state index < -0.39 is 0 Å². The van der Waals surface area contributed by atoms with Gasteiger partial charge in [-0.1, -0.05) is 27.7 Å². The highest BCUT2D eigenvalue weighted by Crippen LogP contribution is 2.24. The number of hydrogen-bond acceptors (Lipinski definition) is 5. The number of ether oxygens (including phenoxy) is 2. The third-order valence-electron chi connectivity index (χ3n) is 4.82. The van der Waals surface area contributed by atoms with Gasteiger partial charge in [0.1, 0.15) is 5.78 Å². The Morgan fingerprint density at radius 3 is 2.17 bits per heavy atom. The van der Waals surface area contributed by atoms with Gasteiger partial charge in [0.2, 0.25) is 11.8 Å². The number of ketones is 1. The molecule has 0 aromatic rings. The molecule has 1 aliphatic carbocycles. The van der Waals surface area contributed by atoms with Crippen molar-refractivity contribution in [3.63, 3.8) is 0 Å². The predicted molar refractivity (Wildman–Crippen MR) is 119 cm³/mol. The molecule has 0 atom stereocenters. The highest BCUT2D eigenvalue weighted by Gasteiger charge is 2.26. The number of nitrogens with one attached hydrogen (secondary N) is 2. The van der Waals surface area contributed by atoms with Crippen LogP contribution in [0.2, 0.25) is 0 Å². The van der Waals surface area contributed by atoms with Gasteiger partial charge >= 0.3 is 0 Å². The number of carbonyl (C=O) groups is 3. The maximum atomic E-state index is 12.2. The maximum Gasteiger partial charge on any atom is 0.223 e. The van der Waals surface area contributed by atoms with Crippen molar-refractivity contribution in [2.75, 3.05) is 33.0 Å². The first-order valence-corrected chi connectivity index (χ1v) is 11.2. The molecule has 2 N–H and O–H groups in total. The Labute approximate surface area is 179 Å². The molecule has 0 aromatic carbocycles. The first-order valence-electron chi connectivity index (χ1n) is 11.2. The van der Waals surface area contributed by atoms with Crippen molar-refractivity contribution in [2.45, 2.75) is 79.2 Å². The van der Waals surface area contributed by atoms with Gasteiger partial charge in [-0.15, -0.1) is 0 Å². The highest BCUT2D eigenvalue weighted by atomic mass is 16.5. The first kappa shape index (κ1) is 27.5. The van der Waals surface area contributed by atoms with E-state index in [1.165, 1.54) is 0 Å². The number of carbonyl (C=O) groups excluding carboxylic acids is 3. The molecular weight excluding hydrogens is 372 g/mol. The smallest absolute Gasteiger partial charge is 0.223 e. The van der Waals surface area contributed by atoms with Crippen molar-refractivity contribution < 1.29 is 26.7 Å². The Hall–Kier alpha value is -1.47. The largest absolute Gasteiger partial charge is 0.381 e. The van der Waals surface area contributed by atoms with Gasteiger partial charge in [0, 0.05) is 46.7 Å². The lowest BCUT2D eigenvalue weighted by Crippen LogP contribution is -2.41.